The van der Waals surface area contributed by atoms with Gasteiger partial charge in [0, 0.05) is 50.4 Å². The van der Waals surface area contributed by atoms with Gasteiger partial charge in [-0.15, -0.1) is 0 Å². The van der Waals surface area contributed by atoms with Crippen molar-refractivity contribution in [2.24, 2.45) is 5.92 Å². The van der Waals surface area contributed by atoms with E-state index in [1.165, 1.54) is 11.3 Å². The van der Waals surface area contributed by atoms with Gasteiger partial charge in [-0.3, -0.25) is 9.69 Å². The predicted octanol–water partition coefficient (Wildman–Crippen LogP) is 3.06. The number of nitrogens with one attached hydrogen (secondary N) is 1. The second-order valence-corrected chi connectivity index (χ2v) is 7.18. The lowest BCUT2D eigenvalue weighted by Gasteiger charge is -2.36. The Morgan fingerprint density at radius 2 is 1.92 bits per heavy atom. The Bertz CT molecular complexity index is 523. The summed E-state index contributed by atoms with van der Waals surface area (Å²) in [6, 6.07) is 9.01. The molecular weight excluding hydrogens is 298 g/mol. The third-order valence-corrected chi connectivity index (χ3v) is 5.07. The van der Waals surface area contributed by atoms with Crippen LogP contribution in [0.3, 0.4) is 0 Å². The number of nitrogens with zero attached hydrogens (tertiary/aromatic N) is 2. The van der Waals surface area contributed by atoms with Gasteiger partial charge in [-0.25, -0.2) is 0 Å². The number of benzene rings is 1. The number of aryl methyl sites for hydroxylation is 1. The van der Waals surface area contributed by atoms with Crippen molar-refractivity contribution in [1.29, 1.82) is 0 Å². The first kappa shape index (κ1) is 18.8. The van der Waals surface area contributed by atoms with Gasteiger partial charge in [-0.2, -0.15) is 0 Å². The number of hydrogen-bond acceptors (Lipinski definition) is 3. The van der Waals surface area contributed by atoms with Crippen LogP contribution in [-0.4, -0.2) is 49.6 Å². The molecule has 1 aliphatic heterocycles. The number of carbonyl (C=O) groups is 1. The quantitative estimate of drug-likeness (QED) is 0.834. The van der Waals surface area contributed by atoms with E-state index < -0.39 is 0 Å². The molecule has 24 heavy (non-hydrogen) atoms. The Kier molecular flexibility index (Phi) is 7.10. The summed E-state index contributed by atoms with van der Waals surface area (Å²) in [5, 5.41) is 3.13. The lowest BCUT2D eigenvalue weighted by Crippen LogP contribution is -2.47. The topological polar surface area (TPSA) is 35.6 Å². The highest BCUT2D eigenvalue weighted by molar-refractivity contribution is 5.78. The smallest absolute Gasteiger partial charge is 0.223 e. The molecule has 1 aliphatic rings. The molecular formula is C20H33N3O. The first-order chi connectivity index (χ1) is 11.5. The van der Waals surface area contributed by atoms with Crippen LogP contribution < -0.4 is 10.2 Å². The molecule has 4 heteroatoms. The van der Waals surface area contributed by atoms with Crippen molar-refractivity contribution in [3.05, 3.63) is 29.8 Å². The zero-order valence-corrected chi connectivity index (χ0v) is 15.7. The molecule has 0 saturated carbocycles. The highest BCUT2D eigenvalue weighted by Gasteiger charge is 2.18. The Labute approximate surface area is 147 Å². The molecule has 0 bridgehead atoms. The summed E-state index contributed by atoms with van der Waals surface area (Å²) >= 11 is 0. The summed E-state index contributed by atoms with van der Waals surface area (Å²) < 4.78 is 0. The summed E-state index contributed by atoms with van der Waals surface area (Å²) in [5.74, 6) is 0.305. The average molecular weight is 332 g/mol. The molecule has 1 saturated heterocycles. The molecule has 0 radical (unpaired) electrons. The van der Waals surface area contributed by atoms with Crippen LogP contribution in [0.25, 0.3) is 0 Å². The first-order valence-electron chi connectivity index (χ1n) is 9.34. The van der Waals surface area contributed by atoms with Gasteiger partial charge in [-0.1, -0.05) is 26.0 Å². The first-order valence-corrected chi connectivity index (χ1v) is 9.34. The zero-order chi connectivity index (χ0) is 17.5. The monoisotopic (exact) mass is 331 g/mol. The van der Waals surface area contributed by atoms with Crippen molar-refractivity contribution in [3.8, 4) is 0 Å². The summed E-state index contributed by atoms with van der Waals surface area (Å²) in [4.78, 5) is 16.9. The largest absolute Gasteiger partial charge is 0.369 e. The van der Waals surface area contributed by atoms with E-state index >= 15 is 0 Å². The van der Waals surface area contributed by atoms with E-state index in [1.807, 2.05) is 6.92 Å². The maximum Gasteiger partial charge on any atom is 0.223 e. The van der Waals surface area contributed by atoms with Gasteiger partial charge >= 0.3 is 0 Å². The van der Waals surface area contributed by atoms with Crippen LogP contribution in [0.2, 0.25) is 0 Å². The summed E-state index contributed by atoms with van der Waals surface area (Å²) in [6.45, 7) is 13.7. The van der Waals surface area contributed by atoms with Crippen molar-refractivity contribution in [2.45, 2.75) is 46.6 Å². The Hall–Kier alpha value is -1.55. The van der Waals surface area contributed by atoms with E-state index in [9.17, 15) is 4.79 Å². The third-order valence-electron chi connectivity index (χ3n) is 5.07. The van der Waals surface area contributed by atoms with Crippen molar-refractivity contribution < 1.29 is 4.79 Å². The summed E-state index contributed by atoms with van der Waals surface area (Å²) in [6.07, 6.45) is 1.92. The molecule has 134 valence electrons. The molecule has 0 aromatic heterocycles. The second kappa shape index (κ2) is 9.07. The molecule has 4 nitrogen and oxygen atoms in total. The highest BCUT2D eigenvalue weighted by Crippen LogP contribution is 2.18. The van der Waals surface area contributed by atoms with E-state index in [2.05, 4.69) is 60.2 Å². The average Bonchev–Trinajstić information content (AvgIpc) is 2.59. The molecule has 1 heterocycles. The van der Waals surface area contributed by atoms with Crippen LogP contribution in [0.4, 0.5) is 5.69 Å². The lowest BCUT2D eigenvalue weighted by atomic mass is 10.1. The van der Waals surface area contributed by atoms with Gasteiger partial charge in [0.25, 0.3) is 0 Å². The highest BCUT2D eigenvalue weighted by atomic mass is 16.1. The molecule has 0 unspecified atom stereocenters. The third kappa shape index (κ3) is 5.52. The van der Waals surface area contributed by atoms with Gasteiger partial charge in [0.15, 0.2) is 0 Å². The van der Waals surface area contributed by atoms with Crippen LogP contribution in [0.15, 0.2) is 24.3 Å². The summed E-state index contributed by atoms with van der Waals surface area (Å²) in [7, 11) is 0. The Morgan fingerprint density at radius 1 is 1.21 bits per heavy atom. The minimum absolute atomic E-state index is 0.116. The normalized spacial score (nSPS) is 18.2. The molecule has 2 atom stereocenters. The predicted molar refractivity (Wildman–Crippen MR) is 102 cm³/mol. The lowest BCUT2D eigenvalue weighted by molar-refractivity contribution is -0.125. The standard InChI is InChI=1S/C20H33N3O/c1-5-17(3)20(24)21-18(4)9-10-22-11-13-23(14-12-22)19-8-6-7-16(2)15-19/h6-8,15,17-18H,5,9-14H2,1-4H3,(H,21,24)/t17-,18-/m1/s1. The van der Waals surface area contributed by atoms with E-state index in [0.717, 1.165) is 45.6 Å². The number of amides is 1. The van der Waals surface area contributed by atoms with Gasteiger partial charge in [-0.05, 0) is 44.4 Å². The van der Waals surface area contributed by atoms with Gasteiger partial charge < -0.3 is 10.2 Å². The molecule has 1 fully saturated rings. The number of rotatable bonds is 7. The molecule has 0 aliphatic carbocycles. The Morgan fingerprint density at radius 3 is 2.54 bits per heavy atom. The van der Waals surface area contributed by atoms with E-state index in [4.69, 9.17) is 0 Å². The number of anilines is 1. The number of hydrogen-bond donors (Lipinski definition) is 1. The van der Waals surface area contributed by atoms with Crippen molar-refractivity contribution >= 4 is 11.6 Å². The maximum absolute atomic E-state index is 11.9. The molecule has 1 aromatic rings. The molecule has 2 rings (SSSR count). The minimum atomic E-state index is 0.116. The molecule has 1 aromatic carbocycles. The fraction of sp³-hybridized carbons (Fsp3) is 0.650. The Balaban J connectivity index is 1.70. The van der Waals surface area contributed by atoms with Crippen molar-refractivity contribution in [3.63, 3.8) is 0 Å². The van der Waals surface area contributed by atoms with Gasteiger partial charge in [0.1, 0.15) is 0 Å². The van der Waals surface area contributed by atoms with Crippen LogP contribution in [0.1, 0.15) is 39.2 Å². The number of carbonyl (C=O) groups excluding carboxylic acids is 1. The van der Waals surface area contributed by atoms with Crippen molar-refractivity contribution in [1.82, 2.24) is 10.2 Å². The fourth-order valence-corrected chi connectivity index (χ4v) is 3.07. The maximum atomic E-state index is 11.9. The number of piperazine rings is 1. The van der Waals surface area contributed by atoms with Crippen LogP contribution in [0.5, 0.6) is 0 Å². The van der Waals surface area contributed by atoms with Gasteiger partial charge in [0.2, 0.25) is 5.91 Å². The zero-order valence-electron chi connectivity index (χ0n) is 15.7. The summed E-state index contributed by atoms with van der Waals surface area (Å²) in [5.41, 5.74) is 2.66. The minimum Gasteiger partial charge on any atom is -0.369 e. The van der Waals surface area contributed by atoms with Crippen LogP contribution in [-0.2, 0) is 4.79 Å². The molecule has 0 spiro atoms. The second-order valence-electron chi connectivity index (χ2n) is 7.18. The SMILES string of the molecule is CC[C@@H](C)C(=O)N[C@H](C)CCN1CCN(c2cccc(C)c2)CC1. The van der Waals surface area contributed by atoms with Crippen molar-refractivity contribution in [2.75, 3.05) is 37.6 Å². The van der Waals surface area contributed by atoms with Crippen LogP contribution in [0, 0.1) is 12.8 Å². The van der Waals surface area contributed by atoms with E-state index in [-0.39, 0.29) is 17.9 Å². The fourth-order valence-electron chi connectivity index (χ4n) is 3.07. The van der Waals surface area contributed by atoms with Gasteiger partial charge in [0.05, 0.1) is 0 Å². The van der Waals surface area contributed by atoms with Crippen LogP contribution >= 0.6 is 0 Å². The molecule has 1 amide bonds. The van der Waals surface area contributed by atoms with E-state index in [1.54, 1.807) is 0 Å². The molecule has 1 N–H and O–H groups in total. The van der Waals surface area contributed by atoms with E-state index in [0.29, 0.717) is 0 Å².